The lowest BCUT2D eigenvalue weighted by molar-refractivity contribution is -0.141. The predicted octanol–water partition coefficient (Wildman–Crippen LogP) is 3.47. The molecule has 0 atom stereocenters. The molecule has 0 bridgehead atoms. The lowest BCUT2D eigenvalue weighted by Gasteiger charge is -2.13. The summed E-state index contributed by atoms with van der Waals surface area (Å²) in [5, 5.41) is 0. The van der Waals surface area contributed by atoms with Crippen LogP contribution in [-0.2, 0) is 19.0 Å². The molecule has 2 aliphatic carbocycles. The molecule has 0 amide bonds. The second kappa shape index (κ2) is 3.22. The van der Waals surface area contributed by atoms with Gasteiger partial charge < -0.3 is 0 Å². The quantitative estimate of drug-likeness (QED) is 0.715. The average molecular weight is 227 g/mol. The molecule has 3 rings (SSSR count). The Kier molecular flexibility index (Phi) is 2.03. The van der Waals surface area contributed by atoms with Crippen LogP contribution in [0.1, 0.15) is 47.7 Å². The Morgan fingerprint density at radius 2 is 1.94 bits per heavy atom. The van der Waals surface area contributed by atoms with Crippen molar-refractivity contribution in [2.24, 2.45) is 0 Å². The summed E-state index contributed by atoms with van der Waals surface area (Å²) >= 11 is 0. The molecule has 2 aliphatic rings. The van der Waals surface area contributed by atoms with Crippen LogP contribution >= 0.6 is 0 Å². The number of fused-ring (bicyclic) bond motifs is 1. The van der Waals surface area contributed by atoms with Crippen LogP contribution in [0.15, 0.2) is 6.07 Å². The van der Waals surface area contributed by atoms with Gasteiger partial charge in [-0.25, -0.2) is 4.98 Å². The third-order valence-corrected chi connectivity index (χ3v) is 3.37. The molecule has 4 heteroatoms. The van der Waals surface area contributed by atoms with Crippen LogP contribution in [0.4, 0.5) is 13.2 Å². The normalized spacial score (nSPS) is 19.9. The largest absolute Gasteiger partial charge is 0.433 e. The van der Waals surface area contributed by atoms with E-state index in [4.69, 9.17) is 0 Å². The van der Waals surface area contributed by atoms with Gasteiger partial charge in [-0.1, -0.05) is 6.07 Å². The third-order valence-electron chi connectivity index (χ3n) is 3.37. The third kappa shape index (κ3) is 1.60. The summed E-state index contributed by atoms with van der Waals surface area (Å²) < 4.78 is 38.5. The second-order valence-electron chi connectivity index (χ2n) is 4.66. The van der Waals surface area contributed by atoms with Gasteiger partial charge in [0.15, 0.2) is 0 Å². The molecule has 0 N–H and O–H groups in total. The molecule has 1 fully saturated rings. The molecule has 0 unspecified atom stereocenters. The molecule has 1 nitrogen and oxygen atoms in total. The van der Waals surface area contributed by atoms with E-state index in [0.717, 1.165) is 31.2 Å². The summed E-state index contributed by atoms with van der Waals surface area (Å²) in [6.07, 6.45) is -0.0140. The molecule has 0 aliphatic heterocycles. The number of hydrogen-bond donors (Lipinski definition) is 0. The summed E-state index contributed by atoms with van der Waals surface area (Å²) in [7, 11) is 0. The molecule has 0 aromatic carbocycles. The zero-order valence-electron chi connectivity index (χ0n) is 8.77. The SMILES string of the molecule is FC(F)(F)c1nc2c(cc1C1CC1)CCC2. The van der Waals surface area contributed by atoms with Crippen LogP contribution in [-0.4, -0.2) is 4.98 Å². The van der Waals surface area contributed by atoms with E-state index in [-0.39, 0.29) is 5.92 Å². The minimum atomic E-state index is -4.30. The molecule has 0 radical (unpaired) electrons. The molecule has 86 valence electrons. The topological polar surface area (TPSA) is 12.9 Å². The first-order chi connectivity index (χ1) is 7.55. The molecular weight excluding hydrogens is 215 g/mol. The van der Waals surface area contributed by atoms with Crippen molar-refractivity contribution in [2.45, 2.75) is 44.2 Å². The first-order valence-corrected chi connectivity index (χ1v) is 5.65. The first-order valence-electron chi connectivity index (χ1n) is 5.65. The lowest BCUT2D eigenvalue weighted by atomic mass is 10.0. The van der Waals surface area contributed by atoms with Crippen molar-refractivity contribution in [1.29, 1.82) is 0 Å². The van der Waals surface area contributed by atoms with Crippen LogP contribution < -0.4 is 0 Å². The zero-order chi connectivity index (χ0) is 11.3. The van der Waals surface area contributed by atoms with Gasteiger partial charge in [-0.3, -0.25) is 0 Å². The Hall–Kier alpha value is -1.06. The molecule has 1 heterocycles. The highest BCUT2D eigenvalue weighted by Crippen LogP contribution is 2.46. The van der Waals surface area contributed by atoms with Gasteiger partial charge in [0.25, 0.3) is 0 Å². The van der Waals surface area contributed by atoms with E-state index in [1.165, 1.54) is 0 Å². The maximum atomic E-state index is 12.8. The highest BCUT2D eigenvalue weighted by atomic mass is 19.4. The predicted molar refractivity (Wildman–Crippen MR) is 53.2 cm³/mol. The Morgan fingerprint density at radius 3 is 2.56 bits per heavy atom. The van der Waals surface area contributed by atoms with E-state index >= 15 is 0 Å². The number of halogens is 3. The second-order valence-corrected chi connectivity index (χ2v) is 4.66. The molecular formula is C12H12F3N. The van der Waals surface area contributed by atoms with Gasteiger partial charge in [0, 0.05) is 5.69 Å². The maximum absolute atomic E-state index is 12.8. The van der Waals surface area contributed by atoms with Gasteiger partial charge in [0.05, 0.1) is 0 Å². The van der Waals surface area contributed by atoms with Crippen LogP contribution in [0, 0.1) is 0 Å². The Bertz CT molecular complexity index is 433. The fourth-order valence-electron chi connectivity index (χ4n) is 2.42. The molecule has 1 aromatic heterocycles. The van der Waals surface area contributed by atoms with Gasteiger partial charge >= 0.3 is 6.18 Å². The Morgan fingerprint density at radius 1 is 1.19 bits per heavy atom. The molecule has 1 aromatic rings. The number of nitrogens with zero attached hydrogens (tertiary/aromatic N) is 1. The van der Waals surface area contributed by atoms with E-state index in [2.05, 4.69) is 4.98 Å². The number of aryl methyl sites for hydroxylation is 2. The summed E-state index contributed by atoms with van der Waals surface area (Å²) in [6, 6.07) is 1.76. The zero-order valence-corrected chi connectivity index (χ0v) is 8.77. The van der Waals surface area contributed by atoms with Crippen LogP contribution in [0.25, 0.3) is 0 Å². The van der Waals surface area contributed by atoms with E-state index in [1.54, 1.807) is 6.07 Å². The highest BCUT2D eigenvalue weighted by Gasteiger charge is 2.40. The van der Waals surface area contributed by atoms with Gasteiger partial charge in [-0.15, -0.1) is 0 Å². The van der Waals surface area contributed by atoms with Crippen LogP contribution in [0.2, 0.25) is 0 Å². The van der Waals surface area contributed by atoms with Crippen molar-refractivity contribution in [2.75, 3.05) is 0 Å². The monoisotopic (exact) mass is 227 g/mol. The summed E-state index contributed by atoms with van der Waals surface area (Å²) in [4.78, 5) is 3.86. The number of rotatable bonds is 1. The van der Waals surface area contributed by atoms with Crippen LogP contribution in [0.5, 0.6) is 0 Å². The average Bonchev–Trinajstić information content (AvgIpc) is 2.94. The van der Waals surface area contributed by atoms with Gasteiger partial charge in [0.1, 0.15) is 5.69 Å². The smallest absolute Gasteiger partial charge is 0.248 e. The van der Waals surface area contributed by atoms with Crippen molar-refractivity contribution in [3.63, 3.8) is 0 Å². The molecule has 0 saturated heterocycles. The number of pyridine rings is 1. The van der Waals surface area contributed by atoms with E-state index in [9.17, 15) is 13.2 Å². The van der Waals surface area contributed by atoms with Crippen molar-refractivity contribution in [1.82, 2.24) is 4.98 Å². The standard InChI is InChI=1S/C12H12F3N/c13-12(14,15)11-9(7-4-5-7)6-8-2-1-3-10(8)16-11/h6-7H,1-5H2. The van der Waals surface area contributed by atoms with Crippen molar-refractivity contribution < 1.29 is 13.2 Å². The summed E-state index contributed by atoms with van der Waals surface area (Å²) in [5.74, 6) is 0.107. The molecule has 0 spiro atoms. The highest BCUT2D eigenvalue weighted by molar-refractivity contribution is 5.38. The van der Waals surface area contributed by atoms with E-state index < -0.39 is 11.9 Å². The first kappa shape index (κ1) is 10.1. The fourth-order valence-corrected chi connectivity index (χ4v) is 2.42. The molecule has 16 heavy (non-hydrogen) atoms. The van der Waals surface area contributed by atoms with Gasteiger partial charge in [-0.05, 0) is 49.1 Å². The van der Waals surface area contributed by atoms with E-state index in [0.29, 0.717) is 17.7 Å². The number of alkyl halides is 3. The summed E-state index contributed by atoms with van der Waals surface area (Å²) in [5.41, 5.74) is 1.51. The van der Waals surface area contributed by atoms with E-state index in [1.807, 2.05) is 0 Å². The van der Waals surface area contributed by atoms with Gasteiger partial charge in [-0.2, -0.15) is 13.2 Å². The lowest BCUT2D eigenvalue weighted by Crippen LogP contribution is -2.13. The van der Waals surface area contributed by atoms with Gasteiger partial charge in [0.2, 0.25) is 0 Å². The van der Waals surface area contributed by atoms with Crippen molar-refractivity contribution >= 4 is 0 Å². The molecule has 1 saturated carbocycles. The number of aromatic nitrogens is 1. The van der Waals surface area contributed by atoms with Crippen LogP contribution in [0.3, 0.4) is 0 Å². The Balaban J connectivity index is 2.13. The fraction of sp³-hybridized carbons (Fsp3) is 0.583. The van der Waals surface area contributed by atoms with Crippen molar-refractivity contribution in [3.8, 4) is 0 Å². The van der Waals surface area contributed by atoms with Crippen molar-refractivity contribution in [3.05, 3.63) is 28.6 Å². The maximum Gasteiger partial charge on any atom is 0.433 e. The number of hydrogen-bond acceptors (Lipinski definition) is 1. The summed E-state index contributed by atoms with van der Waals surface area (Å²) in [6.45, 7) is 0. The Labute approximate surface area is 91.7 Å². The minimum absolute atomic E-state index is 0.107. The minimum Gasteiger partial charge on any atom is -0.248 e.